The van der Waals surface area contributed by atoms with Gasteiger partial charge in [0.1, 0.15) is 5.15 Å². The number of halogens is 1. The predicted octanol–water partition coefficient (Wildman–Crippen LogP) is 2.59. The molecule has 0 saturated carbocycles. The Morgan fingerprint density at radius 1 is 1.33 bits per heavy atom. The molecule has 21 heavy (non-hydrogen) atoms. The molecule has 7 heteroatoms. The Hall–Kier alpha value is -1.21. The summed E-state index contributed by atoms with van der Waals surface area (Å²) in [5.41, 5.74) is 0.661. The Morgan fingerprint density at radius 2 is 2.10 bits per heavy atom. The van der Waals surface area contributed by atoms with Crippen molar-refractivity contribution in [3.63, 3.8) is 0 Å². The maximum Gasteiger partial charge on any atom is 0.240 e. The lowest BCUT2D eigenvalue weighted by Crippen LogP contribution is -2.33. The normalized spacial score (nSPS) is 13.5. The average molecular weight is 329 g/mol. The van der Waals surface area contributed by atoms with Gasteiger partial charge in [0.25, 0.3) is 0 Å². The molecule has 1 unspecified atom stereocenters. The molecular weight excluding hydrogens is 312 g/mol. The number of fused-ring (bicyclic) bond motifs is 1. The van der Waals surface area contributed by atoms with Crippen LogP contribution >= 0.6 is 11.6 Å². The number of aromatic nitrogens is 1. The molecule has 1 aromatic carbocycles. The molecule has 0 spiro atoms. The van der Waals surface area contributed by atoms with Gasteiger partial charge < -0.3 is 4.74 Å². The Morgan fingerprint density at radius 3 is 2.81 bits per heavy atom. The highest BCUT2D eigenvalue weighted by molar-refractivity contribution is 7.89. The number of rotatable bonds is 6. The quantitative estimate of drug-likeness (QED) is 0.828. The molecule has 0 saturated heterocycles. The highest BCUT2D eigenvalue weighted by atomic mass is 35.5. The highest BCUT2D eigenvalue weighted by Crippen LogP contribution is 2.20. The van der Waals surface area contributed by atoms with E-state index in [2.05, 4.69) is 9.71 Å². The molecule has 0 aliphatic rings. The van der Waals surface area contributed by atoms with Crippen LogP contribution < -0.4 is 4.72 Å². The summed E-state index contributed by atoms with van der Waals surface area (Å²) in [7, 11) is -1.97. The number of sulfonamides is 1. The fraction of sp³-hybridized carbons (Fsp3) is 0.357. The molecule has 0 aliphatic carbocycles. The van der Waals surface area contributed by atoms with Crippen molar-refractivity contribution >= 4 is 32.5 Å². The summed E-state index contributed by atoms with van der Waals surface area (Å²) in [5.74, 6) is 0. The maximum absolute atomic E-state index is 12.3. The van der Waals surface area contributed by atoms with Gasteiger partial charge in [0.15, 0.2) is 0 Å². The molecule has 114 valence electrons. The van der Waals surface area contributed by atoms with E-state index in [1.54, 1.807) is 38.3 Å². The van der Waals surface area contributed by atoms with Crippen LogP contribution in [0.1, 0.15) is 13.3 Å². The molecule has 1 N–H and O–H groups in total. The number of nitrogens with zero attached hydrogens (tertiary/aromatic N) is 1. The Balaban J connectivity index is 2.25. The summed E-state index contributed by atoms with van der Waals surface area (Å²) < 4.78 is 32.2. The van der Waals surface area contributed by atoms with Crippen molar-refractivity contribution in [3.05, 3.63) is 35.5 Å². The number of nitrogens with one attached hydrogen (secondary N) is 1. The smallest absolute Gasteiger partial charge is 0.240 e. The van der Waals surface area contributed by atoms with Gasteiger partial charge in [0.2, 0.25) is 10.0 Å². The van der Waals surface area contributed by atoms with Gasteiger partial charge in [0.05, 0.1) is 10.4 Å². The second-order valence-corrected chi connectivity index (χ2v) is 6.89. The summed E-state index contributed by atoms with van der Waals surface area (Å²) in [6, 6.07) is 7.94. The molecule has 0 amide bonds. The van der Waals surface area contributed by atoms with E-state index in [1.165, 1.54) is 6.07 Å². The zero-order chi connectivity index (χ0) is 15.5. The highest BCUT2D eigenvalue weighted by Gasteiger charge is 2.17. The van der Waals surface area contributed by atoms with Crippen molar-refractivity contribution in [1.29, 1.82) is 0 Å². The topological polar surface area (TPSA) is 68.3 Å². The van der Waals surface area contributed by atoms with E-state index in [1.807, 2.05) is 0 Å². The molecule has 1 aromatic heterocycles. The van der Waals surface area contributed by atoms with E-state index in [9.17, 15) is 8.42 Å². The molecule has 5 nitrogen and oxygen atoms in total. The van der Waals surface area contributed by atoms with Crippen LogP contribution in [0.3, 0.4) is 0 Å². The molecule has 1 heterocycles. The van der Waals surface area contributed by atoms with Crippen molar-refractivity contribution in [2.45, 2.75) is 24.3 Å². The second kappa shape index (κ2) is 6.70. The van der Waals surface area contributed by atoms with Crippen molar-refractivity contribution in [3.8, 4) is 0 Å². The van der Waals surface area contributed by atoms with Gasteiger partial charge in [-0.3, -0.25) is 0 Å². The second-order valence-electron chi connectivity index (χ2n) is 4.79. The van der Waals surface area contributed by atoms with Crippen LogP contribution in [0, 0.1) is 0 Å². The van der Waals surface area contributed by atoms with E-state index in [4.69, 9.17) is 16.3 Å². The summed E-state index contributed by atoms with van der Waals surface area (Å²) in [6.07, 6.45) is 0.612. The minimum Gasteiger partial charge on any atom is -0.385 e. The fourth-order valence-corrected chi connectivity index (χ4v) is 3.40. The SMILES string of the molecule is COCCC(C)NS(=O)(=O)c1ccc2nc(Cl)ccc2c1. The summed E-state index contributed by atoms with van der Waals surface area (Å²) in [4.78, 5) is 4.35. The van der Waals surface area contributed by atoms with Crippen molar-refractivity contribution in [2.75, 3.05) is 13.7 Å². The van der Waals surface area contributed by atoms with Gasteiger partial charge in [-0.15, -0.1) is 0 Å². The van der Waals surface area contributed by atoms with E-state index in [-0.39, 0.29) is 10.9 Å². The first-order chi connectivity index (χ1) is 9.92. The monoisotopic (exact) mass is 328 g/mol. The zero-order valence-corrected chi connectivity index (χ0v) is 13.4. The number of pyridine rings is 1. The molecule has 2 rings (SSSR count). The summed E-state index contributed by atoms with van der Waals surface area (Å²) in [5, 5.41) is 1.11. The standard InChI is InChI=1S/C14H17ClN2O3S/c1-10(7-8-20-2)17-21(18,19)12-4-5-13-11(9-12)3-6-14(15)16-13/h3-6,9-10,17H,7-8H2,1-2H3. The van der Waals surface area contributed by atoms with E-state index in [0.717, 1.165) is 5.39 Å². The molecule has 2 aromatic rings. The fourth-order valence-electron chi connectivity index (χ4n) is 1.93. The molecular formula is C14H17ClN2O3S. The number of methoxy groups -OCH3 is 1. The third-order valence-electron chi connectivity index (χ3n) is 3.05. The van der Waals surface area contributed by atoms with Crippen LogP contribution in [0.15, 0.2) is 35.2 Å². The average Bonchev–Trinajstić information content (AvgIpc) is 2.44. The van der Waals surface area contributed by atoms with Crippen LogP contribution in [0.2, 0.25) is 5.15 Å². The van der Waals surface area contributed by atoms with E-state index >= 15 is 0 Å². The first-order valence-corrected chi connectivity index (χ1v) is 8.36. The lowest BCUT2D eigenvalue weighted by molar-refractivity contribution is 0.188. The van der Waals surface area contributed by atoms with Gasteiger partial charge in [-0.05, 0) is 43.7 Å². The third kappa shape index (κ3) is 4.14. The van der Waals surface area contributed by atoms with Crippen LogP contribution in [-0.4, -0.2) is 33.2 Å². The van der Waals surface area contributed by atoms with Gasteiger partial charge >= 0.3 is 0 Å². The van der Waals surface area contributed by atoms with Crippen LogP contribution in [0.25, 0.3) is 10.9 Å². The van der Waals surface area contributed by atoms with Gasteiger partial charge in [-0.2, -0.15) is 0 Å². The molecule has 0 bridgehead atoms. The molecule has 1 atom stereocenters. The van der Waals surface area contributed by atoms with E-state index in [0.29, 0.717) is 23.7 Å². The lowest BCUT2D eigenvalue weighted by atomic mass is 10.2. The number of hydrogen-bond acceptors (Lipinski definition) is 4. The Labute approximate surface area is 129 Å². The summed E-state index contributed by atoms with van der Waals surface area (Å²) in [6.45, 7) is 2.31. The van der Waals surface area contributed by atoms with Crippen molar-refractivity contribution in [2.24, 2.45) is 0 Å². The minimum atomic E-state index is -3.56. The van der Waals surface area contributed by atoms with Crippen molar-refractivity contribution in [1.82, 2.24) is 9.71 Å². The van der Waals surface area contributed by atoms with E-state index < -0.39 is 10.0 Å². The minimum absolute atomic E-state index is 0.200. The Bertz CT molecular complexity index is 734. The number of hydrogen-bond donors (Lipinski definition) is 1. The first kappa shape index (κ1) is 16.2. The van der Waals surface area contributed by atoms with Crippen LogP contribution in [0.5, 0.6) is 0 Å². The maximum atomic E-state index is 12.3. The molecule has 0 aliphatic heterocycles. The van der Waals surface area contributed by atoms with Crippen LogP contribution in [0.4, 0.5) is 0 Å². The summed E-state index contributed by atoms with van der Waals surface area (Å²) >= 11 is 5.81. The van der Waals surface area contributed by atoms with Gasteiger partial charge in [-0.25, -0.2) is 18.1 Å². The van der Waals surface area contributed by atoms with Gasteiger partial charge in [0, 0.05) is 25.1 Å². The Kier molecular flexibility index (Phi) is 5.16. The first-order valence-electron chi connectivity index (χ1n) is 6.50. The number of ether oxygens (including phenoxy) is 1. The third-order valence-corrected chi connectivity index (χ3v) is 4.85. The number of benzene rings is 1. The largest absolute Gasteiger partial charge is 0.385 e. The van der Waals surface area contributed by atoms with Crippen molar-refractivity contribution < 1.29 is 13.2 Å². The predicted molar refractivity (Wildman–Crippen MR) is 83.0 cm³/mol. The zero-order valence-electron chi connectivity index (χ0n) is 11.8. The molecule has 0 radical (unpaired) electrons. The molecule has 0 fully saturated rings. The van der Waals surface area contributed by atoms with Gasteiger partial charge in [-0.1, -0.05) is 11.6 Å². The van der Waals surface area contributed by atoms with Crippen LogP contribution in [-0.2, 0) is 14.8 Å². The lowest BCUT2D eigenvalue weighted by Gasteiger charge is -2.14.